The van der Waals surface area contributed by atoms with E-state index in [1.165, 1.54) is 11.0 Å². The maximum Gasteiger partial charge on any atom is 0.250 e. The van der Waals surface area contributed by atoms with Gasteiger partial charge in [0.15, 0.2) is 0 Å². The molecule has 0 unspecified atom stereocenters. The lowest BCUT2D eigenvalue weighted by Crippen LogP contribution is -2.31. The topological polar surface area (TPSA) is 51.1 Å². The second-order valence-electron chi connectivity index (χ2n) is 5.03. The van der Waals surface area contributed by atoms with Crippen LogP contribution in [0.5, 0.6) is 0 Å². The summed E-state index contributed by atoms with van der Waals surface area (Å²) >= 11 is 1.73. The first-order valence-corrected chi connectivity index (χ1v) is 8.17. The normalized spacial score (nSPS) is 11.9. The Morgan fingerprint density at radius 3 is 2.64 bits per heavy atom. The number of hydrogen-bond acceptors (Lipinski definition) is 3. The predicted octanol–water partition coefficient (Wildman–Crippen LogP) is 2.54. The van der Waals surface area contributed by atoms with Crippen molar-refractivity contribution in [2.75, 3.05) is 6.54 Å². The molecule has 0 aliphatic carbocycles. The molecule has 5 heteroatoms. The summed E-state index contributed by atoms with van der Waals surface area (Å²) in [6.07, 6.45) is 2.01. The van der Waals surface area contributed by atoms with E-state index in [0.717, 1.165) is 0 Å². The Kier molecular flexibility index (Phi) is 6.27. The highest BCUT2D eigenvalue weighted by atomic mass is 32.2. The van der Waals surface area contributed by atoms with Gasteiger partial charge in [0.05, 0.1) is 0 Å². The van der Waals surface area contributed by atoms with Crippen LogP contribution in [0.1, 0.15) is 13.3 Å². The summed E-state index contributed by atoms with van der Waals surface area (Å²) in [5.74, 6) is -0.0312. The summed E-state index contributed by atoms with van der Waals surface area (Å²) in [6.45, 7) is 3.10. The lowest BCUT2D eigenvalue weighted by molar-refractivity contribution is -0.121. The molecule has 1 amide bonds. The molecule has 0 bridgehead atoms. The van der Waals surface area contributed by atoms with Crippen LogP contribution in [-0.4, -0.2) is 22.3 Å². The predicted molar refractivity (Wildman–Crippen MR) is 90.1 cm³/mol. The molecule has 4 nitrogen and oxygen atoms in total. The Balaban J connectivity index is 1.71. The molecule has 0 spiro atoms. The molecular formula is C17H20N2O2S. The second kappa shape index (κ2) is 8.44. The number of thioether (sulfide) groups is 1. The summed E-state index contributed by atoms with van der Waals surface area (Å²) in [7, 11) is 0. The molecule has 2 aromatic rings. The van der Waals surface area contributed by atoms with Crippen molar-refractivity contribution in [1.29, 1.82) is 0 Å². The van der Waals surface area contributed by atoms with Crippen LogP contribution in [0.3, 0.4) is 0 Å². The Bertz CT molecular complexity index is 655. The van der Waals surface area contributed by atoms with Crippen molar-refractivity contribution < 1.29 is 4.79 Å². The Labute approximate surface area is 134 Å². The quantitative estimate of drug-likeness (QED) is 0.799. The number of rotatable bonds is 7. The molecule has 0 saturated carbocycles. The van der Waals surface area contributed by atoms with Crippen molar-refractivity contribution in [3.05, 3.63) is 65.1 Å². The summed E-state index contributed by atoms with van der Waals surface area (Å²) in [5, 5.41) is 3.21. The zero-order valence-electron chi connectivity index (χ0n) is 12.6. The fraction of sp³-hybridized carbons (Fsp3) is 0.294. The van der Waals surface area contributed by atoms with Gasteiger partial charge >= 0.3 is 0 Å². The van der Waals surface area contributed by atoms with Crippen molar-refractivity contribution in [2.45, 2.75) is 30.0 Å². The highest BCUT2D eigenvalue weighted by Crippen LogP contribution is 2.21. The van der Waals surface area contributed by atoms with Gasteiger partial charge in [-0.3, -0.25) is 9.59 Å². The van der Waals surface area contributed by atoms with Crippen molar-refractivity contribution in [3.8, 4) is 0 Å². The van der Waals surface area contributed by atoms with Gasteiger partial charge in [0, 0.05) is 41.9 Å². The van der Waals surface area contributed by atoms with E-state index in [1.807, 2.05) is 18.2 Å². The third-order valence-corrected chi connectivity index (χ3v) is 4.26. The zero-order valence-corrected chi connectivity index (χ0v) is 13.4. The van der Waals surface area contributed by atoms with Gasteiger partial charge in [-0.15, -0.1) is 11.8 Å². The summed E-state index contributed by atoms with van der Waals surface area (Å²) in [4.78, 5) is 24.6. The van der Waals surface area contributed by atoms with Crippen molar-refractivity contribution in [1.82, 2.24) is 9.88 Å². The molecule has 1 heterocycles. The monoisotopic (exact) mass is 316 g/mol. The minimum atomic E-state index is -0.0803. The first-order chi connectivity index (χ1) is 10.6. The second-order valence-corrected chi connectivity index (χ2v) is 6.54. The summed E-state index contributed by atoms with van der Waals surface area (Å²) in [5.41, 5.74) is -0.0803. The number of nitrogens with zero attached hydrogens (tertiary/aromatic N) is 1. The van der Waals surface area contributed by atoms with E-state index in [0.29, 0.717) is 24.8 Å². The smallest absolute Gasteiger partial charge is 0.250 e. The number of aromatic nitrogens is 1. The fourth-order valence-electron chi connectivity index (χ4n) is 1.99. The van der Waals surface area contributed by atoms with E-state index < -0.39 is 0 Å². The Hall–Kier alpha value is -2.01. The summed E-state index contributed by atoms with van der Waals surface area (Å²) in [6, 6.07) is 15.1. The Morgan fingerprint density at radius 2 is 1.91 bits per heavy atom. The molecule has 2 rings (SSSR count). The molecule has 0 radical (unpaired) electrons. The van der Waals surface area contributed by atoms with Crippen molar-refractivity contribution in [2.24, 2.45) is 0 Å². The van der Waals surface area contributed by atoms with Crippen molar-refractivity contribution >= 4 is 17.7 Å². The van der Waals surface area contributed by atoms with Crippen molar-refractivity contribution in [3.63, 3.8) is 0 Å². The van der Waals surface area contributed by atoms with Gasteiger partial charge < -0.3 is 9.88 Å². The maximum absolute atomic E-state index is 11.8. The minimum absolute atomic E-state index is 0.0312. The van der Waals surface area contributed by atoms with Gasteiger partial charge in [-0.25, -0.2) is 0 Å². The number of amides is 1. The molecule has 0 aliphatic rings. The first-order valence-electron chi connectivity index (χ1n) is 7.29. The highest BCUT2D eigenvalue weighted by Gasteiger charge is 2.07. The van der Waals surface area contributed by atoms with Crippen LogP contribution < -0.4 is 10.9 Å². The van der Waals surface area contributed by atoms with Crippen LogP contribution in [-0.2, 0) is 11.3 Å². The van der Waals surface area contributed by atoms with Crippen LogP contribution in [0.25, 0.3) is 0 Å². The number of benzene rings is 1. The number of carbonyl (C=O) groups is 1. The van der Waals surface area contributed by atoms with Crippen LogP contribution in [0.2, 0.25) is 0 Å². The third kappa shape index (κ3) is 5.41. The molecule has 1 atom stereocenters. The number of carbonyl (C=O) groups excluding carboxylic acids is 1. The van der Waals surface area contributed by atoms with Gasteiger partial charge in [0.1, 0.15) is 0 Å². The number of pyridine rings is 1. The van der Waals surface area contributed by atoms with Gasteiger partial charge in [-0.1, -0.05) is 31.2 Å². The van der Waals surface area contributed by atoms with E-state index in [9.17, 15) is 9.59 Å². The number of nitrogens with one attached hydrogen (secondary N) is 1. The van der Waals surface area contributed by atoms with Gasteiger partial charge in [0.25, 0.3) is 5.56 Å². The van der Waals surface area contributed by atoms with E-state index in [4.69, 9.17) is 0 Å². The van der Waals surface area contributed by atoms with Gasteiger partial charge in [-0.2, -0.15) is 0 Å². The maximum atomic E-state index is 11.8. The molecule has 1 aromatic heterocycles. The van der Waals surface area contributed by atoms with Gasteiger partial charge in [-0.05, 0) is 18.2 Å². The average Bonchev–Trinajstić information content (AvgIpc) is 2.53. The minimum Gasteiger partial charge on any atom is -0.355 e. The van der Waals surface area contributed by atoms with Crippen LogP contribution in [0, 0.1) is 0 Å². The molecule has 0 saturated heterocycles. The molecule has 0 aliphatic heterocycles. The molecule has 1 aromatic carbocycles. The molecular weight excluding hydrogens is 296 g/mol. The highest BCUT2D eigenvalue weighted by molar-refractivity contribution is 8.00. The number of aryl methyl sites for hydroxylation is 1. The summed E-state index contributed by atoms with van der Waals surface area (Å²) < 4.78 is 1.54. The van der Waals surface area contributed by atoms with E-state index in [2.05, 4.69) is 24.4 Å². The molecule has 22 heavy (non-hydrogen) atoms. The van der Waals surface area contributed by atoms with Crippen LogP contribution in [0.15, 0.2) is 64.4 Å². The SMILES string of the molecule is C[C@H](CNC(=O)CCn1ccccc1=O)Sc1ccccc1. The average molecular weight is 316 g/mol. The molecule has 116 valence electrons. The zero-order chi connectivity index (χ0) is 15.8. The number of hydrogen-bond donors (Lipinski definition) is 1. The fourth-order valence-corrected chi connectivity index (χ4v) is 2.93. The molecule has 0 fully saturated rings. The largest absolute Gasteiger partial charge is 0.355 e. The van der Waals surface area contributed by atoms with Crippen LogP contribution >= 0.6 is 11.8 Å². The standard InChI is InChI=1S/C17H20N2O2S/c1-14(22-15-7-3-2-4-8-15)13-18-16(20)10-12-19-11-6-5-9-17(19)21/h2-9,11,14H,10,12-13H2,1H3,(H,18,20)/t14-/m1/s1. The van der Waals surface area contributed by atoms with Crippen LogP contribution in [0.4, 0.5) is 0 Å². The van der Waals surface area contributed by atoms with E-state index >= 15 is 0 Å². The lowest BCUT2D eigenvalue weighted by Gasteiger charge is -2.12. The third-order valence-electron chi connectivity index (χ3n) is 3.15. The van der Waals surface area contributed by atoms with E-state index in [-0.39, 0.29) is 11.5 Å². The van der Waals surface area contributed by atoms with E-state index in [1.54, 1.807) is 34.7 Å². The molecule has 1 N–H and O–H groups in total. The lowest BCUT2D eigenvalue weighted by atomic mass is 10.3. The first kappa shape index (κ1) is 16.4. The van der Waals surface area contributed by atoms with Gasteiger partial charge in [0.2, 0.25) is 5.91 Å². The Morgan fingerprint density at radius 1 is 1.18 bits per heavy atom.